The number of hydrogen-bond acceptors (Lipinski definition) is 1. The zero-order valence-electron chi connectivity index (χ0n) is 8.68. The Morgan fingerprint density at radius 1 is 1.29 bits per heavy atom. The maximum absolute atomic E-state index is 6.06. The van der Waals surface area contributed by atoms with Gasteiger partial charge < -0.3 is 4.74 Å². The second-order valence-electron chi connectivity index (χ2n) is 4.84. The Bertz CT molecular complexity index is 197. The molecule has 14 heavy (non-hydrogen) atoms. The zero-order valence-corrected chi connectivity index (χ0v) is 9.43. The molecule has 0 bridgehead atoms. The van der Waals surface area contributed by atoms with Gasteiger partial charge in [0.2, 0.25) is 0 Å². The molecule has 0 amide bonds. The van der Waals surface area contributed by atoms with Crippen molar-refractivity contribution in [2.45, 2.75) is 25.7 Å². The van der Waals surface area contributed by atoms with Crippen LogP contribution in [0.25, 0.3) is 0 Å². The van der Waals surface area contributed by atoms with Crippen molar-refractivity contribution in [1.29, 1.82) is 0 Å². The summed E-state index contributed by atoms with van der Waals surface area (Å²) in [6.07, 6.45) is 7.33. The highest BCUT2D eigenvalue weighted by atomic mass is 35.5. The minimum absolute atomic E-state index is 0.327. The van der Waals surface area contributed by atoms with E-state index in [4.69, 9.17) is 16.3 Å². The predicted molar refractivity (Wildman–Crippen MR) is 59.6 cm³/mol. The van der Waals surface area contributed by atoms with Gasteiger partial charge in [0.05, 0.1) is 13.2 Å². The average Bonchev–Trinajstić information content (AvgIpc) is 2.18. The lowest BCUT2D eigenvalue weighted by molar-refractivity contribution is -0.139. The summed E-state index contributed by atoms with van der Waals surface area (Å²) in [4.78, 5) is 0. The molecule has 0 aromatic carbocycles. The lowest BCUT2D eigenvalue weighted by Crippen LogP contribution is -2.50. The predicted octanol–water partition coefficient (Wildman–Crippen LogP) is 3.23. The van der Waals surface area contributed by atoms with E-state index in [9.17, 15) is 0 Å². The molecule has 0 aromatic rings. The van der Waals surface area contributed by atoms with Crippen molar-refractivity contribution in [2.24, 2.45) is 17.3 Å². The summed E-state index contributed by atoms with van der Waals surface area (Å²) >= 11 is 6.06. The van der Waals surface area contributed by atoms with Gasteiger partial charge in [-0.05, 0) is 37.5 Å². The van der Waals surface area contributed by atoms with Crippen LogP contribution in [0.15, 0.2) is 12.7 Å². The second kappa shape index (κ2) is 4.24. The fraction of sp³-hybridized carbons (Fsp3) is 0.833. The standard InChI is InChI=1S/C12H19ClO/c1-2-10-3-5-11(6-4-10)12(7-13)8-14-9-12/h2,10-11H,1,3-9H2. The molecule has 2 aliphatic rings. The van der Waals surface area contributed by atoms with Gasteiger partial charge in [0.15, 0.2) is 0 Å². The van der Waals surface area contributed by atoms with Crippen LogP contribution in [0, 0.1) is 17.3 Å². The van der Waals surface area contributed by atoms with E-state index in [0.29, 0.717) is 5.41 Å². The zero-order chi connectivity index (χ0) is 10.0. The second-order valence-corrected chi connectivity index (χ2v) is 5.10. The largest absolute Gasteiger partial charge is 0.380 e. The molecule has 0 radical (unpaired) electrons. The molecule has 0 atom stereocenters. The molecule has 0 aromatic heterocycles. The minimum Gasteiger partial charge on any atom is -0.380 e. The number of rotatable bonds is 3. The third kappa shape index (κ3) is 1.72. The molecule has 2 fully saturated rings. The highest BCUT2D eigenvalue weighted by molar-refractivity contribution is 6.18. The van der Waals surface area contributed by atoms with E-state index in [1.54, 1.807) is 0 Å². The Morgan fingerprint density at radius 2 is 1.93 bits per heavy atom. The summed E-state index contributed by atoms with van der Waals surface area (Å²) in [7, 11) is 0. The highest BCUT2D eigenvalue weighted by Gasteiger charge is 2.45. The summed E-state index contributed by atoms with van der Waals surface area (Å²) < 4.78 is 5.33. The number of allylic oxidation sites excluding steroid dienone is 1. The van der Waals surface area contributed by atoms with Gasteiger partial charge >= 0.3 is 0 Å². The molecule has 0 spiro atoms. The van der Waals surface area contributed by atoms with Crippen molar-refractivity contribution in [3.63, 3.8) is 0 Å². The van der Waals surface area contributed by atoms with Gasteiger partial charge in [-0.1, -0.05) is 6.08 Å². The lowest BCUT2D eigenvalue weighted by Gasteiger charge is -2.48. The van der Waals surface area contributed by atoms with E-state index in [1.165, 1.54) is 25.7 Å². The molecular formula is C12H19ClO. The topological polar surface area (TPSA) is 9.23 Å². The van der Waals surface area contributed by atoms with Crippen molar-refractivity contribution >= 4 is 11.6 Å². The number of hydrogen-bond donors (Lipinski definition) is 0. The first-order chi connectivity index (χ1) is 6.80. The first-order valence-electron chi connectivity index (χ1n) is 5.57. The summed E-state index contributed by atoms with van der Waals surface area (Å²) in [5, 5.41) is 0. The molecule has 1 nitrogen and oxygen atoms in total. The maximum Gasteiger partial charge on any atom is 0.0559 e. The summed E-state index contributed by atoms with van der Waals surface area (Å²) in [6, 6.07) is 0. The van der Waals surface area contributed by atoms with Crippen LogP contribution in [-0.4, -0.2) is 19.1 Å². The van der Waals surface area contributed by atoms with Gasteiger partial charge in [0.25, 0.3) is 0 Å². The first kappa shape index (κ1) is 10.5. The minimum atomic E-state index is 0.327. The smallest absolute Gasteiger partial charge is 0.0559 e. The molecule has 2 rings (SSSR count). The van der Waals surface area contributed by atoms with Crippen LogP contribution >= 0.6 is 11.6 Å². The van der Waals surface area contributed by atoms with E-state index >= 15 is 0 Å². The molecule has 1 heterocycles. The van der Waals surface area contributed by atoms with E-state index in [0.717, 1.165) is 30.9 Å². The molecule has 0 N–H and O–H groups in total. The van der Waals surface area contributed by atoms with Crippen LogP contribution < -0.4 is 0 Å². The van der Waals surface area contributed by atoms with Crippen LogP contribution in [0.4, 0.5) is 0 Å². The van der Waals surface area contributed by atoms with Crippen LogP contribution in [-0.2, 0) is 4.74 Å². The number of alkyl halides is 1. The monoisotopic (exact) mass is 214 g/mol. The van der Waals surface area contributed by atoms with E-state index in [1.807, 2.05) is 0 Å². The van der Waals surface area contributed by atoms with Crippen LogP contribution in [0.1, 0.15) is 25.7 Å². The van der Waals surface area contributed by atoms with Crippen LogP contribution in [0.3, 0.4) is 0 Å². The molecule has 80 valence electrons. The van der Waals surface area contributed by atoms with Crippen molar-refractivity contribution in [3.05, 3.63) is 12.7 Å². The molecule has 1 saturated carbocycles. The Kier molecular flexibility index (Phi) is 3.18. The fourth-order valence-corrected chi connectivity index (χ4v) is 3.13. The fourth-order valence-electron chi connectivity index (χ4n) is 2.75. The Hall–Kier alpha value is -0.0100. The van der Waals surface area contributed by atoms with Crippen molar-refractivity contribution in [2.75, 3.05) is 19.1 Å². The summed E-state index contributed by atoms with van der Waals surface area (Å²) in [5.41, 5.74) is 0.327. The lowest BCUT2D eigenvalue weighted by atomic mass is 9.66. The van der Waals surface area contributed by atoms with Gasteiger partial charge in [-0.25, -0.2) is 0 Å². The van der Waals surface area contributed by atoms with Crippen molar-refractivity contribution in [1.82, 2.24) is 0 Å². The molecule has 1 saturated heterocycles. The maximum atomic E-state index is 6.06. The molecule has 1 aliphatic heterocycles. The van der Waals surface area contributed by atoms with E-state index < -0.39 is 0 Å². The molecular weight excluding hydrogens is 196 g/mol. The normalized spacial score (nSPS) is 36.1. The Balaban J connectivity index is 1.90. The number of halogens is 1. The van der Waals surface area contributed by atoms with Crippen LogP contribution in [0.2, 0.25) is 0 Å². The average molecular weight is 215 g/mol. The molecule has 2 heteroatoms. The van der Waals surface area contributed by atoms with Gasteiger partial charge in [-0.15, -0.1) is 18.2 Å². The van der Waals surface area contributed by atoms with Crippen LogP contribution in [0.5, 0.6) is 0 Å². The van der Waals surface area contributed by atoms with Gasteiger partial charge in [-0.3, -0.25) is 0 Å². The first-order valence-corrected chi connectivity index (χ1v) is 6.10. The van der Waals surface area contributed by atoms with Gasteiger partial charge in [0.1, 0.15) is 0 Å². The molecule has 0 unspecified atom stereocenters. The quantitative estimate of drug-likeness (QED) is 0.518. The van der Waals surface area contributed by atoms with Crippen molar-refractivity contribution < 1.29 is 4.74 Å². The van der Waals surface area contributed by atoms with E-state index in [-0.39, 0.29) is 0 Å². The van der Waals surface area contributed by atoms with E-state index in [2.05, 4.69) is 12.7 Å². The van der Waals surface area contributed by atoms with Crippen molar-refractivity contribution in [3.8, 4) is 0 Å². The SMILES string of the molecule is C=CC1CCC(C2(CCl)COC2)CC1. The van der Waals surface area contributed by atoms with Gasteiger partial charge in [0, 0.05) is 11.3 Å². The van der Waals surface area contributed by atoms with Gasteiger partial charge in [-0.2, -0.15) is 0 Å². The summed E-state index contributed by atoms with van der Waals surface area (Å²) in [6.45, 7) is 5.65. The third-order valence-corrected chi connectivity index (χ3v) is 4.55. The third-order valence-electron chi connectivity index (χ3n) is 4.02. The molecule has 1 aliphatic carbocycles. The number of ether oxygens (including phenoxy) is 1. The summed E-state index contributed by atoms with van der Waals surface area (Å²) in [5.74, 6) is 2.32. The Labute approximate surface area is 91.5 Å². The highest BCUT2D eigenvalue weighted by Crippen LogP contribution is 2.45. The Morgan fingerprint density at radius 3 is 2.29 bits per heavy atom.